The summed E-state index contributed by atoms with van der Waals surface area (Å²) in [6.07, 6.45) is 2.11. The molecule has 1 aliphatic carbocycles. The number of carbonyl (C=O) groups is 2. The molecule has 1 saturated heterocycles. The van der Waals surface area contributed by atoms with Crippen molar-refractivity contribution in [2.24, 2.45) is 5.92 Å². The minimum absolute atomic E-state index is 0.0738. The summed E-state index contributed by atoms with van der Waals surface area (Å²) in [6, 6.07) is 10.1. The Morgan fingerprint density at radius 1 is 1.08 bits per heavy atom. The number of carbonyl (C=O) groups excluding carboxylic acids is 2. The Morgan fingerprint density at radius 2 is 1.72 bits per heavy atom. The SMILES string of the molecule is C[C@@H](CNC(=O)[C@H](C)N1CCN(C(=O)C2CC2)CC1)c1ccccc1. The van der Waals surface area contributed by atoms with Crippen LogP contribution in [-0.4, -0.2) is 60.4 Å². The third kappa shape index (κ3) is 4.60. The molecule has 0 radical (unpaired) electrons. The third-order valence-electron chi connectivity index (χ3n) is 5.43. The van der Waals surface area contributed by atoms with Crippen LogP contribution in [0.15, 0.2) is 30.3 Å². The van der Waals surface area contributed by atoms with Crippen molar-refractivity contribution in [3.8, 4) is 0 Å². The summed E-state index contributed by atoms with van der Waals surface area (Å²) in [7, 11) is 0. The van der Waals surface area contributed by atoms with Gasteiger partial charge in [-0.1, -0.05) is 37.3 Å². The molecule has 0 spiro atoms. The fourth-order valence-corrected chi connectivity index (χ4v) is 3.38. The first-order chi connectivity index (χ1) is 12.1. The predicted molar refractivity (Wildman–Crippen MR) is 98.2 cm³/mol. The van der Waals surface area contributed by atoms with Gasteiger partial charge in [-0.05, 0) is 31.2 Å². The molecule has 136 valence electrons. The highest BCUT2D eigenvalue weighted by Crippen LogP contribution is 2.31. The van der Waals surface area contributed by atoms with Crippen LogP contribution in [0.5, 0.6) is 0 Å². The Balaban J connectivity index is 1.42. The minimum Gasteiger partial charge on any atom is -0.354 e. The van der Waals surface area contributed by atoms with E-state index in [4.69, 9.17) is 0 Å². The van der Waals surface area contributed by atoms with Gasteiger partial charge in [-0.3, -0.25) is 14.5 Å². The number of amides is 2. The molecule has 3 rings (SSSR count). The fraction of sp³-hybridized carbons (Fsp3) is 0.600. The quantitative estimate of drug-likeness (QED) is 0.858. The van der Waals surface area contributed by atoms with Crippen LogP contribution in [0, 0.1) is 5.92 Å². The first-order valence-electron chi connectivity index (χ1n) is 9.41. The van der Waals surface area contributed by atoms with Gasteiger partial charge in [-0.2, -0.15) is 0 Å². The van der Waals surface area contributed by atoms with Gasteiger partial charge in [0.15, 0.2) is 0 Å². The monoisotopic (exact) mass is 343 g/mol. The zero-order valence-corrected chi connectivity index (χ0v) is 15.3. The number of piperazine rings is 1. The van der Waals surface area contributed by atoms with E-state index in [2.05, 4.69) is 29.3 Å². The van der Waals surface area contributed by atoms with Gasteiger partial charge in [-0.25, -0.2) is 0 Å². The van der Waals surface area contributed by atoms with Gasteiger partial charge in [0.1, 0.15) is 0 Å². The summed E-state index contributed by atoms with van der Waals surface area (Å²) in [5, 5.41) is 3.08. The zero-order valence-electron chi connectivity index (χ0n) is 15.3. The molecule has 1 aliphatic heterocycles. The molecule has 2 aliphatic rings. The number of benzene rings is 1. The molecule has 2 atom stereocenters. The Bertz CT molecular complexity index is 592. The van der Waals surface area contributed by atoms with Gasteiger partial charge < -0.3 is 10.2 Å². The molecular formula is C20H29N3O2. The van der Waals surface area contributed by atoms with Crippen LogP contribution in [0.25, 0.3) is 0 Å². The van der Waals surface area contributed by atoms with E-state index in [0.29, 0.717) is 18.4 Å². The summed E-state index contributed by atoms with van der Waals surface area (Å²) in [6.45, 7) is 7.78. The smallest absolute Gasteiger partial charge is 0.237 e. The van der Waals surface area contributed by atoms with Crippen molar-refractivity contribution in [1.29, 1.82) is 0 Å². The molecule has 1 heterocycles. The molecule has 1 saturated carbocycles. The second kappa shape index (κ2) is 8.00. The molecule has 1 N–H and O–H groups in total. The average molecular weight is 343 g/mol. The van der Waals surface area contributed by atoms with Crippen molar-refractivity contribution in [1.82, 2.24) is 15.1 Å². The molecular weight excluding hydrogens is 314 g/mol. The van der Waals surface area contributed by atoms with Gasteiger partial charge in [0.25, 0.3) is 0 Å². The van der Waals surface area contributed by atoms with E-state index in [1.165, 1.54) is 5.56 Å². The number of hydrogen-bond donors (Lipinski definition) is 1. The van der Waals surface area contributed by atoms with Crippen molar-refractivity contribution in [3.05, 3.63) is 35.9 Å². The lowest BCUT2D eigenvalue weighted by Gasteiger charge is -2.37. The summed E-state index contributed by atoms with van der Waals surface area (Å²) in [5.74, 6) is 0.968. The van der Waals surface area contributed by atoms with E-state index in [1.54, 1.807) is 0 Å². The largest absolute Gasteiger partial charge is 0.354 e. The number of hydrogen-bond acceptors (Lipinski definition) is 3. The Labute approximate surface area is 150 Å². The Kier molecular flexibility index (Phi) is 5.74. The first kappa shape index (κ1) is 17.9. The van der Waals surface area contributed by atoms with Crippen molar-refractivity contribution in [2.45, 2.75) is 38.6 Å². The van der Waals surface area contributed by atoms with Crippen LogP contribution in [0.3, 0.4) is 0 Å². The highest BCUT2D eigenvalue weighted by molar-refractivity contribution is 5.82. The number of rotatable bonds is 6. The average Bonchev–Trinajstić information content (AvgIpc) is 3.50. The standard InChI is InChI=1S/C20H29N3O2/c1-15(17-6-4-3-5-7-17)14-21-19(24)16(2)22-10-12-23(13-11-22)20(25)18-8-9-18/h3-7,15-16,18H,8-14H2,1-2H3,(H,21,24)/t15-,16-/m0/s1. The van der Waals surface area contributed by atoms with Crippen molar-refractivity contribution in [2.75, 3.05) is 32.7 Å². The van der Waals surface area contributed by atoms with Crippen LogP contribution >= 0.6 is 0 Å². The maximum atomic E-state index is 12.5. The summed E-state index contributed by atoms with van der Waals surface area (Å²) in [4.78, 5) is 28.7. The molecule has 0 unspecified atom stereocenters. The lowest BCUT2D eigenvalue weighted by atomic mass is 10.0. The van der Waals surface area contributed by atoms with E-state index >= 15 is 0 Å². The second-order valence-corrected chi connectivity index (χ2v) is 7.37. The lowest BCUT2D eigenvalue weighted by Crippen LogP contribution is -2.55. The van der Waals surface area contributed by atoms with Crippen molar-refractivity contribution < 1.29 is 9.59 Å². The van der Waals surface area contributed by atoms with Crippen LogP contribution < -0.4 is 5.32 Å². The molecule has 25 heavy (non-hydrogen) atoms. The maximum absolute atomic E-state index is 12.5. The van der Waals surface area contributed by atoms with E-state index < -0.39 is 0 Å². The van der Waals surface area contributed by atoms with Gasteiger partial charge in [-0.15, -0.1) is 0 Å². The zero-order chi connectivity index (χ0) is 17.8. The van der Waals surface area contributed by atoms with Gasteiger partial charge in [0, 0.05) is 38.6 Å². The predicted octanol–water partition coefficient (Wildman–Crippen LogP) is 1.85. The van der Waals surface area contributed by atoms with Crippen LogP contribution in [0.1, 0.15) is 38.2 Å². The van der Waals surface area contributed by atoms with Crippen LogP contribution in [0.4, 0.5) is 0 Å². The lowest BCUT2D eigenvalue weighted by molar-refractivity contribution is -0.135. The minimum atomic E-state index is -0.152. The summed E-state index contributed by atoms with van der Waals surface area (Å²) < 4.78 is 0. The fourth-order valence-electron chi connectivity index (χ4n) is 3.38. The first-order valence-corrected chi connectivity index (χ1v) is 9.41. The Morgan fingerprint density at radius 3 is 2.32 bits per heavy atom. The molecule has 0 bridgehead atoms. The molecule has 1 aromatic rings. The summed E-state index contributed by atoms with van der Waals surface area (Å²) >= 11 is 0. The highest BCUT2D eigenvalue weighted by atomic mass is 16.2. The topological polar surface area (TPSA) is 52.7 Å². The van der Waals surface area contributed by atoms with E-state index in [1.807, 2.05) is 30.0 Å². The number of nitrogens with zero attached hydrogens (tertiary/aromatic N) is 2. The van der Waals surface area contributed by atoms with E-state index in [0.717, 1.165) is 39.0 Å². The van der Waals surface area contributed by atoms with Crippen molar-refractivity contribution in [3.63, 3.8) is 0 Å². The second-order valence-electron chi connectivity index (χ2n) is 7.37. The normalized spacial score (nSPS) is 20.8. The highest BCUT2D eigenvalue weighted by Gasteiger charge is 2.35. The van der Waals surface area contributed by atoms with Gasteiger partial charge in [0.05, 0.1) is 6.04 Å². The van der Waals surface area contributed by atoms with Gasteiger partial charge in [0.2, 0.25) is 11.8 Å². The van der Waals surface area contributed by atoms with Gasteiger partial charge >= 0.3 is 0 Å². The van der Waals surface area contributed by atoms with E-state index in [-0.39, 0.29) is 17.9 Å². The van der Waals surface area contributed by atoms with Crippen LogP contribution in [0.2, 0.25) is 0 Å². The molecule has 2 fully saturated rings. The molecule has 0 aromatic heterocycles. The Hall–Kier alpha value is -1.88. The molecule has 5 nitrogen and oxygen atoms in total. The molecule has 5 heteroatoms. The van der Waals surface area contributed by atoms with Crippen LogP contribution in [-0.2, 0) is 9.59 Å². The van der Waals surface area contributed by atoms with Crippen molar-refractivity contribution >= 4 is 11.8 Å². The summed E-state index contributed by atoms with van der Waals surface area (Å²) in [5.41, 5.74) is 1.24. The molecule has 1 aromatic carbocycles. The third-order valence-corrected chi connectivity index (χ3v) is 5.43. The number of nitrogens with one attached hydrogen (secondary N) is 1. The van der Waals surface area contributed by atoms with E-state index in [9.17, 15) is 9.59 Å². The maximum Gasteiger partial charge on any atom is 0.237 e. The molecule has 2 amide bonds.